The monoisotopic (exact) mass is 1300 g/mol. The van der Waals surface area contributed by atoms with Crippen molar-refractivity contribution in [3.05, 3.63) is 0 Å². The van der Waals surface area contributed by atoms with E-state index in [1.54, 1.807) is 85.3 Å². The van der Waals surface area contributed by atoms with Gasteiger partial charge < -0.3 is 61.6 Å². The molecular formula is C76H176O13. The van der Waals surface area contributed by atoms with Gasteiger partial charge in [0.1, 0.15) is 0 Å². The number of rotatable bonds is 33. The third-order valence-corrected chi connectivity index (χ3v) is 12.9. The standard InChI is InChI=1S/C7H14O.3C7H16O.4C6H14O.4C5H12O.C4H10O/c1-8-7-5-3-2-4-6-7;1-4-5-6-7(2)8-3;1-4-6-7(5-2)8-3;1-3-4-5-6-7-8-2;1-6(2,3)5-7-4;1-6(2)4-5-7-3;1-4-5-6(2)7-3;1-4-6(5-2)7-3;1-5(2)4-6-3;1-5(2,3)6-4;1-4-5(2)6-3;1-3-4-5-6-2;1-3-4-5-2/h7H,2-6H2,1H3;2*7H,4-6H2,1-3H3;3-7H2,1-2H3;5H2,1-4H3;3*6H,4-5H2,1-3H3;5H,4H2,1-3H3;1-4H3;5H,4H2,1-3H3;3-5H2,1-2H3;3-4H2,1-2H3. The van der Waals surface area contributed by atoms with E-state index in [2.05, 4.69) is 138 Å². The first kappa shape index (κ1) is 116. The zero-order valence-corrected chi connectivity index (χ0v) is 68.1. The summed E-state index contributed by atoms with van der Waals surface area (Å²) in [4.78, 5) is 0. The summed E-state index contributed by atoms with van der Waals surface area (Å²) in [7, 11) is 22.7. The molecule has 13 heteroatoms. The third-order valence-electron chi connectivity index (χ3n) is 12.9. The van der Waals surface area contributed by atoms with E-state index in [0.29, 0.717) is 48.0 Å². The Bertz CT molecular complexity index is 984. The predicted octanol–water partition coefficient (Wildman–Crippen LogP) is 22.2. The van der Waals surface area contributed by atoms with Crippen molar-refractivity contribution in [1.82, 2.24) is 0 Å². The molecule has 1 rings (SSSR count). The van der Waals surface area contributed by atoms with Crippen LogP contribution in [0.25, 0.3) is 0 Å². The maximum atomic E-state index is 5.19. The van der Waals surface area contributed by atoms with Crippen LogP contribution in [0.3, 0.4) is 0 Å². The summed E-state index contributed by atoms with van der Waals surface area (Å²) in [5.74, 6) is 1.45. The zero-order chi connectivity index (χ0) is 72.0. The van der Waals surface area contributed by atoms with Crippen molar-refractivity contribution < 1.29 is 61.6 Å². The van der Waals surface area contributed by atoms with Crippen LogP contribution in [0.15, 0.2) is 0 Å². The van der Waals surface area contributed by atoms with Crippen molar-refractivity contribution >= 4 is 0 Å². The van der Waals surface area contributed by atoms with Gasteiger partial charge >= 0.3 is 0 Å². The molecule has 0 saturated heterocycles. The maximum absolute atomic E-state index is 5.19. The lowest BCUT2D eigenvalue weighted by atomic mass is 9.98. The zero-order valence-electron chi connectivity index (χ0n) is 68.1. The molecule has 0 aromatic carbocycles. The van der Waals surface area contributed by atoms with Gasteiger partial charge in [0.05, 0.1) is 48.8 Å². The topological polar surface area (TPSA) is 120 Å². The number of ether oxygens (including phenoxy) is 13. The Morgan fingerprint density at radius 2 is 0.753 bits per heavy atom. The van der Waals surface area contributed by atoms with Gasteiger partial charge in [-0.3, -0.25) is 0 Å². The van der Waals surface area contributed by atoms with Gasteiger partial charge in [-0.15, -0.1) is 0 Å². The van der Waals surface area contributed by atoms with Gasteiger partial charge in [0.15, 0.2) is 0 Å². The largest absolute Gasteiger partial charge is 0.385 e. The molecule has 89 heavy (non-hydrogen) atoms. The van der Waals surface area contributed by atoms with Crippen molar-refractivity contribution in [3.8, 4) is 0 Å². The Kier molecular flexibility index (Phi) is 138. The van der Waals surface area contributed by atoms with E-state index < -0.39 is 0 Å². The second-order valence-corrected chi connectivity index (χ2v) is 25.4. The van der Waals surface area contributed by atoms with E-state index in [4.69, 9.17) is 61.6 Å². The average molecular weight is 1300 g/mol. The molecule has 1 saturated carbocycles. The second kappa shape index (κ2) is 106. The summed E-state index contributed by atoms with van der Waals surface area (Å²) < 4.78 is 64.2. The Labute approximate surface area is 564 Å². The van der Waals surface area contributed by atoms with E-state index in [0.717, 1.165) is 77.7 Å². The molecule has 0 heterocycles. The van der Waals surface area contributed by atoms with E-state index in [9.17, 15) is 0 Å². The fourth-order valence-electron chi connectivity index (χ4n) is 6.32. The molecule has 1 fully saturated rings. The van der Waals surface area contributed by atoms with Gasteiger partial charge in [0, 0.05) is 125 Å². The van der Waals surface area contributed by atoms with Gasteiger partial charge in [0.2, 0.25) is 0 Å². The summed E-state index contributed by atoms with van der Waals surface area (Å²) in [5.41, 5.74) is 0.370. The number of unbranched alkanes of at least 4 members (excludes halogenated alkanes) is 5. The summed E-state index contributed by atoms with van der Waals surface area (Å²) in [5, 5.41) is 0. The molecule has 0 aromatic rings. The smallest absolute Gasteiger partial charge is 0.0594 e. The van der Waals surface area contributed by atoms with Crippen LogP contribution in [0, 0.1) is 17.3 Å². The van der Waals surface area contributed by atoms with Crippen LogP contribution >= 0.6 is 0 Å². The number of methoxy groups -OCH3 is 13. The lowest BCUT2D eigenvalue weighted by molar-refractivity contribution is 0.0397. The van der Waals surface area contributed by atoms with Gasteiger partial charge in [-0.25, -0.2) is 0 Å². The highest BCUT2D eigenvalue weighted by Gasteiger charge is 2.11. The molecule has 0 amide bonds. The molecule has 4 unspecified atom stereocenters. The highest BCUT2D eigenvalue weighted by molar-refractivity contribution is 4.64. The molecular weight excluding hydrogens is 1120 g/mol. The van der Waals surface area contributed by atoms with Crippen LogP contribution < -0.4 is 0 Å². The van der Waals surface area contributed by atoms with Crippen LogP contribution in [0.1, 0.15) is 313 Å². The lowest BCUT2D eigenvalue weighted by Crippen LogP contribution is -2.15. The molecule has 0 spiro atoms. The second-order valence-electron chi connectivity index (χ2n) is 25.4. The van der Waals surface area contributed by atoms with Gasteiger partial charge in [0.25, 0.3) is 0 Å². The van der Waals surface area contributed by atoms with Crippen LogP contribution in [-0.2, 0) is 61.6 Å². The maximum Gasteiger partial charge on any atom is 0.0594 e. The van der Waals surface area contributed by atoms with Crippen molar-refractivity contribution in [2.45, 2.75) is 356 Å². The molecule has 1 aliphatic rings. The first-order valence-electron chi connectivity index (χ1n) is 35.6. The molecule has 13 nitrogen and oxygen atoms in total. The lowest BCUT2D eigenvalue weighted by Gasteiger charge is -2.19. The highest BCUT2D eigenvalue weighted by Crippen LogP contribution is 2.19. The Hall–Kier alpha value is -0.520. The molecule has 4 atom stereocenters. The van der Waals surface area contributed by atoms with Crippen LogP contribution in [0.4, 0.5) is 0 Å². The fourth-order valence-corrected chi connectivity index (χ4v) is 6.32. The minimum atomic E-state index is 0.0417. The van der Waals surface area contributed by atoms with Crippen LogP contribution in [-0.4, -0.2) is 174 Å². The number of hydrogen-bond donors (Lipinski definition) is 0. The molecule has 0 radical (unpaired) electrons. The SMILES string of the molecule is CCC(C)OC.CCC(CC)OC.CCCC(C)OC.CCCC(CC)OC.CCCCC(C)OC.CCCCCCOC.CCCCOC.CCCOC.COC(C)(C)C.COC1CCCCC1.COCC(C)(C)C.COCC(C)C.COCCC(C)C. The summed E-state index contributed by atoms with van der Waals surface area (Å²) >= 11 is 0. The molecule has 1 aliphatic carbocycles. The average Bonchev–Trinajstić information content (AvgIpc) is 3.55. The first-order chi connectivity index (χ1) is 42.0. The molecule has 0 bridgehead atoms. The van der Waals surface area contributed by atoms with Crippen LogP contribution in [0.2, 0.25) is 0 Å². The predicted molar refractivity (Wildman–Crippen MR) is 397 cm³/mol. The molecule has 558 valence electrons. The quantitative estimate of drug-likeness (QED) is 0.0581. The van der Waals surface area contributed by atoms with Crippen molar-refractivity contribution in [3.63, 3.8) is 0 Å². The fraction of sp³-hybridized carbons (Fsp3) is 1.00. The van der Waals surface area contributed by atoms with Crippen molar-refractivity contribution in [2.24, 2.45) is 17.3 Å². The third kappa shape index (κ3) is 169. The Balaban J connectivity index is -0.0000000723. The molecule has 0 aliphatic heterocycles. The minimum Gasteiger partial charge on any atom is -0.385 e. The van der Waals surface area contributed by atoms with Gasteiger partial charge in [-0.2, -0.15) is 0 Å². The first-order valence-corrected chi connectivity index (χ1v) is 35.6. The van der Waals surface area contributed by atoms with Crippen molar-refractivity contribution in [2.75, 3.05) is 132 Å². The Morgan fingerprint density at radius 1 is 0.337 bits per heavy atom. The molecule has 0 N–H and O–H groups in total. The summed E-state index contributed by atoms with van der Waals surface area (Å²) in [6, 6.07) is 0. The van der Waals surface area contributed by atoms with Gasteiger partial charge in [-0.05, 0) is 142 Å². The normalized spacial score (nSPS) is 12.7. The summed E-state index contributed by atoms with van der Waals surface area (Å²) in [6.07, 6.45) is 32.7. The Morgan fingerprint density at radius 3 is 0.910 bits per heavy atom. The molecule has 0 aromatic heterocycles. The van der Waals surface area contributed by atoms with Gasteiger partial charge in [-0.1, -0.05) is 188 Å². The minimum absolute atomic E-state index is 0.0417. The number of hydrogen-bond acceptors (Lipinski definition) is 13. The van der Waals surface area contributed by atoms with E-state index in [-0.39, 0.29) is 5.60 Å². The van der Waals surface area contributed by atoms with E-state index in [1.165, 1.54) is 122 Å². The van der Waals surface area contributed by atoms with E-state index >= 15 is 0 Å². The van der Waals surface area contributed by atoms with E-state index in [1.807, 2.05) is 27.9 Å². The van der Waals surface area contributed by atoms with Crippen LogP contribution in [0.5, 0.6) is 0 Å². The van der Waals surface area contributed by atoms with Crippen molar-refractivity contribution in [1.29, 1.82) is 0 Å². The summed E-state index contributed by atoms with van der Waals surface area (Å²) in [6.45, 7) is 54.3. The highest BCUT2D eigenvalue weighted by atomic mass is 16.5.